The molecule has 170 valence electrons. The predicted octanol–water partition coefficient (Wildman–Crippen LogP) is -1.41. The normalized spacial score (nSPS) is 17.3. The average molecular weight is 438 g/mol. The Balaban J connectivity index is 1.77. The Labute approximate surface area is 178 Å². The molecular weight excluding hydrogens is 412 g/mol. The minimum absolute atomic E-state index is 0.0112. The molecule has 0 aromatic heterocycles. The van der Waals surface area contributed by atoms with Gasteiger partial charge in [-0.1, -0.05) is 30.3 Å². The number of alkyl carbamates (subject to hydrolysis) is 1. The standard InChI is InChI=1S/C19H26N4O8/c1-28-16(20)18(26)23-17(25)13(14-10-29-11-31-14)7-21-15(24)8-22-19(27)30-9-12-5-3-2-4-6-12/h2-6,13-14,16H,7-11,20H2,1H3,(H,21,24)(H,22,27)(H,23,25,26)/t13-,14+,16-/m0/s1. The third-order valence-corrected chi connectivity index (χ3v) is 4.32. The summed E-state index contributed by atoms with van der Waals surface area (Å²) in [6.07, 6.45) is -2.75. The van der Waals surface area contributed by atoms with E-state index >= 15 is 0 Å². The zero-order valence-electron chi connectivity index (χ0n) is 17.0. The number of imide groups is 1. The first-order valence-electron chi connectivity index (χ1n) is 9.44. The van der Waals surface area contributed by atoms with Crippen molar-refractivity contribution >= 4 is 23.8 Å². The van der Waals surface area contributed by atoms with E-state index in [1.54, 1.807) is 12.1 Å². The second kappa shape index (κ2) is 12.6. The van der Waals surface area contributed by atoms with Gasteiger partial charge in [0.1, 0.15) is 13.4 Å². The van der Waals surface area contributed by atoms with Gasteiger partial charge in [-0.3, -0.25) is 25.4 Å². The molecule has 0 aliphatic carbocycles. The molecule has 1 saturated heterocycles. The molecule has 0 spiro atoms. The van der Waals surface area contributed by atoms with Gasteiger partial charge in [0.25, 0.3) is 5.91 Å². The van der Waals surface area contributed by atoms with E-state index in [0.717, 1.165) is 5.56 Å². The summed E-state index contributed by atoms with van der Waals surface area (Å²) in [7, 11) is 1.22. The van der Waals surface area contributed by atoms with Crippen LogP contribution in [0.4, 0.5) is 4.79 Å². The maximum Gasteiger partial charge on any atom is 0.407 e. The SMILES string of the molecule is CO[C@H](N)C(=O)NC(=O)[C@@H](CNC(=O)CNC(=O)OCc1ccccc1)[C@H]1COCO1. The average Bonchev–Trinajstić information content (AvgIpc) is 3.31. The fourth-order valence-corrected chi connectivity index (χ4v) is 2.58. The highest BCUT2D eigenvalue weighted by atomic mass is 16.7. The summed E-state index contributed by atoms with van der Waals surface area (Å²) in [5.74, 6) is -3.02. The molecule has 31 heavy (non-hydrogen) atoms. The van der Waals surface area contributed by atoms with Gasteiger partial charge in [-0.2, -0.15) is 0 Å². The number of hydrogen-bond acceptors (Lipinski definition) is 9. The minimum Gasteiger partial charge on any atom is -0.445 e. The van der Waals surface area contributed by atoms with Crippen molar-refractivity contribution in [1.29, 1.82) is 0 Å². The van der Waals surface area contributed by atoms with Crippen LogP contribution in [0.2, 0.25) is 0 Å². The van der Waals surface area contributed by atoms with Crippen LogP contribution in [0.15, 0.2) is 30.3 Å². The molecule has 0 radical (unpaired) electrons. The lowest BCUT2D eigenvalue weighted by Crippen LogP contribution is -2.51. The van der Waals surface area contributed by atoms with Crippen molar-refractivity contribution in [3.63, 3.8) is 0 Å². The van der Waals surface area contributed by atoms with Crippen LogP contribution in [0.1, 0.15) is 5.56 Å². The first-order chi connectivity index (χ1) is 14.9. The summed E-state index contributed by atoms with van der Waals surface area (Å²) in [4.78, 5) is 48.0. The summed E-state index contributed by atoms with van der Waals surface area (Å²) in [6.45, 7) is -0.356. The topological polar surface area (TPSA) is 167 Å². The molecule has 3 atom stereocenters. The highest BCUT2D eigenvalue weighted by Gasteiger charge is 2.34. The molecule has 4 amide bonds. The van der Waals surface area contributed by atoms with E-state index in [9.17, 15) is 19.2 Å². The third kappa shape index (κ3) is 8.30. The molecule has 1 aromatic rings. The van der Waals surface area contributed by atoms with Crippen LogP contribution in [0.3, 0.4) is 0 Å². The first kappa shape index (κ1) is 24.2. The van der Waals surface area contributed by atoms with Crippen molar-refractivity contribution in [1.82, 2.24) is 16.0 Å². The van der Waals surface area contributed by atoms with Gasteiger partial charge in [-0.05, 0) is 5.56 Å². The quantitative estimate of drug-likeness (QED) is 0.321. The third-order valence-electron chi connectivity index (χ3n) is 4.32. The molecule has 1 fully saturated rings. The largest absolute Gasteiger partial charge is 0.445 e. The van der Waals surface area contributed by atoms with Crippen molar-refractivity contribution < 1.29 is 38.1 Å². The first-order valence-corrected chi connectivity index (χ1v) is 9.44. The van der Waals surface area contributed by atoms with E-state index in [0.29, 0.717) is 0 Å². The smallest absolute Gasteiger partial charge is 0.407 e. The number of rotatable bonds is 10. The van der Waals surface area contributed by atoms with Crippen LogP contribution >= 0.6 is 0 Å². The number of methoxy groups -OCH3 is 1. The molecular formula is C19H26N4O8. The van der Waals surface area contributed by atoms with Crippen LogP contribution in [0, 0.1) is 5.92 Å². The zero-order chi connectivity index (χ0) is 22.6. The Morgan fingerprint density at radius 3 is 2.55 bits per heavy atom. The highest BCUT2D eigenvalue weighted by molar-refractivity contribution is 5.98. The number of nitrogens with two attached hydrogens (primary N) is 1. The lowest BCUT2D eigenvalue weighted by molar-refractivity contribution is -0.140. The van der Waals surface area contributed by atoms with Crippen LogP contribution < -0.4 is 21.7 Å². The Morgan fingerprint density at radius 2 is 1.90 bits per heavy atom. The van der Waals surface area contributed by atoms with Crippen molar-refractivity contribution in [2.45, 2.75) is 18.9 Å². The lowest BCUT2D eigenvalue weighted by Gasteiger charge is -2.21. The van der Waals surface area contributed by atoms with Gasteiger partial charge in [0.15, 0.2) is 6.23 Å². The molecule has 1 aliphatic heterocycles. The van der Waals surface area contributed by atoms with Gasteiger partial charge in [-0.25, -0.2) is 4.79 Å². The van der Waals surface area contributed by atoms with E-state index < -0.39 is 42.1 Å². The summed E-state index contributed by atoms with van der Waals surface area (Å²) < 4.78 is 20.1. The Hall–Kier alpha value is -3.06. The zero-order valence-corrected chi connectivity index (χ0v) is 17.0. The summed E-state index contributed by atoms with van der Waals surface area (Å²) in [5.41, 5.74) is 6.21. The van der Waals surface area contributed by atoms with Gasteiger partial charge >= 0.3 is 6.09 Å². The Kier molecular flexibility index (Phi) is 9.84. The maximum atomic E-state index is 12.4. The van der Waals surface area contributed by atoms with Gasteiger partial charge in [0.2, 0.25) is 11.8 Å². The number of carbonyl (C=O) groups excluding carboxylic acids is 4. The number of benzene rings is 1. The van der Waals surface area contributed by atoms with Gasteiger partial charge < -0.3 is 29.6 Å². The number of amides is 4. The molecule has 1 aliphatic rings. The van der Waals surface area contributed by atoms with E-state index in [1.165, 1.54) is 7.11 Å². The minimum atomic E-state index is -1.31. The molecule has 0 bridgehead atoms. The van der Waals surface area contributed by atoms with Crippen molar-refractivity contribution in [3.05, 3.63) is 35.9 Å². The van der Waals surface area contributed by atoms with Crippen molar-refractivity contribution in [2.75, 3.05) is 33.6 Å². The summed E-state index contributed by atoms with van der Waals surface area (Å²) >= 11 is 0. The predicted molar refractivity (Wildman–Crippen MR) is 105 cm³/mol. The molecule has 1 heterocycles. The molecule has 12 nitrogen and oxygen atoms in total. The highest BCUT2D eigenvalue weighted by Crippen LogP contribution is 2.14. The van der Waals surface area contributed by atoms with E-state index in [2.05, 4.69) is 20.7 Å². The van der Waals surface area contributed by atoms with Gasteiger partial charge in [-0.15, -0.1) is 0 Å². The van der Waals surface area contributed by atoms with Gasteiger partial charge in [0.05, 0.1) is 25.2 Å². The molecule has 5 N–H and O–H groups in total. The van der Waals surface area contributed by atoms with Crippen LogP contribution in [-0.4, -0.2) is 69.7 Å². The van der Waals surface area contributed by atoms with Crippen LogP contribution in [0.5, 0.6) is 0 Å². The van der Waals surface area contributed by atoms with E-state index in [4.69, 9.17) is 19.9 Å². The van der Waals surface area contributed by atoms with Crippen molar-refractivity contribution in [3.8, 4) is 0 Å². The Bertz CT molecular complexity index is 755. The molecule has 2 rings (SSSR count). The Morgan fingerprint density at radius 1 is 1.16 bits per heavy atom. The number of carbonyl (C=O) groups is 4. The van der Waals surface area contributed by atoms with E-state index in [-0.39, 0.29) is 33.1 Å². The fraction of sp³-hybridized carbons (Fsp3) is 0.474. The number of nitrogens with one attached hydrogen (secondary N) is 3. The van der Waals surface area contributed by atoms with Crippen LogP contribution in [-0.2, 0) is 39.9 Å². The maximum absolute atomic E-state index is 12.4. The number of hydrogen-bond donors (Lipinski definition) is 4. The number of ether oxygens (including phenoxy) is 4. The molecule has 0 unspecified atom stereocenters. The van der Waals surface area contributed by atoms with E-state index in [1.807, 2.05) is 18.2 Å². The van der Waals surface area contributed by atoms with Crippen LogP contribution in [0.25, 0.3) is 0 Å². The molecule has 0 saturated carbocycles. The summed E-state index contributed by atoms with van der Waals surface area (Å²) in [6, 6.07) is 9.05. The summed E-state index contributed by atoms with van der Waals surface area (Å²) in [5, 5.41) is 6.93. The lowest BCUT2D eigenvalue weighted by atomic mass is 10.0. The monoisotopic (exact) mass is 438 g/mol. The second-order valence-electron chi connectivity index (χ2n) is 6.53. The fourth-order valence-electron chi connectivity index (χ4n) is 2.58. The molecule has 1 aromatic carbocycles. The van der Waals surface area contributed by atoms with Gasteiger partial charge in [0, 0.05) is 13.7 Å². The van der Waals surface area contributed by atoms with Crippen molar-refractivity contribution in [2.24, 2.45) is 11.7 Å². The molecule has 12 heteroatoms. The second-order valence-corrected chi connectivity index (χ2v) is 6.53.